The second kappa shape index (κ2) is 7.60. The van der Waals surface area contributed by atoms with Crippen molar-refractivity contribution in [1.29, 1.82) is 0 Å². The lowest BCUT2D eigenvalue weighted by atomic mass is 10.3. The molecule has 0 fully saturated rings. The van der Waals surface area contributed by atoms with Crippen molar-refractivity contribution in [3.63, 3.8) is 0 Å². The minimum absolute atomic E-state index is 0.456. The van der Waals surface area contributed by atoms with E-state index in [-0.39, 0.29) is 0 Å². The van der Waals surface area contributed by atoms with Crippen molar-refractivity contribution in [1.82, 2.24) is 9.97 Å². The molecule has 26 heavy (non-hydrogen) atoms. The summed E-state index contributed by atoms with van der Waals surface area (Å²) in [4.78, 5) is 8.89. The van der Waals surface area contributed by atoms with Gasteiger partial charge in [0.2, 0.25) is 5.95 Å². The lowest BCUT2D eigenvalue weighted by molar-refractivity contribution is 0.415. The number of hydrogen-bond donors (Lipinski definition) is 3. The Hall–Kier alpha value is -3.48. The first-order valence-corrected chi connectivity index (χ1v) is 8.05. The van der Waals surface area contributed by atoms with Gasteiger partial charge in [0, 0.05) is 11.4 Å². The zero-order chi connectivity index (χ0) is 18.5. The monoisotopic (exact) mass is 351 g/mol. The van der Waals surface area contributed by atoms with Crippen LogP contribution in [0.1, 0.15) is 5.69 Å². The highest BCUT2D eigenvalue weighted by Gasteiger charge is 2.10. The van der Waals surface area contributed by atoms with E-state index in [1.807, 2.05) is 55.5 Å². The Morgan fingerprint density at radius 3 is 1.77 bits per heavy atom. The molecule has 134 valence electrons. The van der Waals surface area contributed by atoms with Crippen LogP contribution in [0.3, 0.4) is 0 Å². The van der Waals surface area contributed by atoms with Crippen LogP contribution in [0.2, 0.25) is 0 Å². The van der Waals surface area contributed by atoms with Crippen LogP contribution in [-0.2, 0) is 0 Å². The number of ether oxygens (including phenoxy) is 2. The van der Waals surface area contributed by atoms with E-state index >= 15 is 0 Å². The van der Waals surface area contributed by atoms with Gasteiger partial charge in [0.15, 0.2) is 5.82 Å². The number of anilines is 5. The SMILES string of the molecule is COc1ccc(Nc2nc(C)c(N)c(Nc3ccc(OC)cc3)n2)cc1. The van der Waals surface area contributed by atoms with Crippen LogP contribution < -0.4 is 25.8 Å². The number of aromatic nitrogens is 2. The topological polar surface area (TPSA) is 94.3 Å². The summed E-state index contributed by atoms with van der Waals surface area (Å²) >= 11 is 0. The van der Waals surface area contributed by atoms with E-state index in [1.165, 1.54) is 0 Å². The van der Waals surface area contributed by atoms with Gasteiger partial charge in [0.05, 0.1) is 25.6 Å². The van der Waals surface area contributed by atoms with Gasteiger partial charge in [-0.05, 0) is 55.5 Å². The first-order valence-electron chi connectivity index (χ1n) is 8.05. The maximum absolute atomic E-state index is 6.13. The van der Waals surface area contributed by atoms with Crippen LogP contribution in [0, 0.1) is 6.92 Å². The zero-order valence-corrected chi connectivity index (χ0v) is 14.9. The van der Waals surface area contributed by atoms with Gasteiger partial charge in [-0.3, -0.25) is 0 Å². The van der Waals surface area contributed by atoms with Gasteiger partial charge in [-0.25, -0.2) is 4.98 Å². The van der Waals surface area contributed by atoms with Gasteiger partial charge in [0.1, 0.15) is 11.5 Å². The molecule has 0 aliphatic carbocycles. The van der Waals surface area contributed by atoms with Gasteiger partial charge in [-0.15, -0.1) is 0 Å². The van der Waals surface area contributed by atoms with Crippen LogP contribution in [0.15, 0.2) is 48.5 Å². The Kier molecular flexibility index (Phi) is 5.07. The molecule has 2 aromatic carbocycles. The molecule has 0 bridgehead atoms. The average molecular weight is 351 g/mol. The minimum Gasteiger partial charge on any atom is -0.497 e. The minimum atomic E-state index is 0.456. The number of nitrogens with zero attached hydrogens (tertiary/aromatic N) is 2. The third-order valence-corrected chi connectivity index (χ3v) is 3.84. The molecule has 3 aromatic rings. The lowest BCUT2D eigenvalue weighted by Gasteiger charge is -2.13. The van der Waals surface area contributed by atoms with Gasteiger partial charge in [-0.1, -0.05) is 0 Å². The van der Waals surface area contributed by atoms with Gasteiger partial charge < -0.3 is 25.8 Å². The van der Waals surface area contributed by atoms with Crippen LogP contribution >= 0.6 is 0 Å². The standard InChI is InChI=1S/C19H21N5O2/c1-12-17(20)18(22-13-4-8-15(25-2)9-5-13)24-19(21-12)23-14-6-10-16(26-3)11-7-14/h4-11H,20H2,1-3H3,(H2,21,22,23,24). The number of benzene rings is 2. The normalized spacial score (nSPS) is 10.3. The number of aryl methyl sites for hydroxylation is 1. The van der Waals surface area contributed by atoms with Crippen molar-refractivity contribution < 1.29 is 9.47 Å². The second-order valence-corrected chi connectivity index (χ2v) is 5.60. The van der Waals surface area contributed by atoms with Crippen LogP contribution in [0.4, 0.5) is 28.8 Å². The van der Waals surface area contributed by atoms with Crippen molar-refractivity contribution in [3.05, 3.63) is 54.2 Å². The van der Waals surface area contributed by atoms with E-state index in [0.29, 0.717) is 23.1 Å². The molecule has 4 N–H and O–H groups in total. The first kappa shape index (κ1) is 17.3. The Balaban J connectivity index is 1.83. The van der Waals surface area contributed by atoms with E-state index in [0.717, 1.165) is 22.9 Å². The molecule has 0 radical (unpaired) electrons. The molecule has 1 heterocycles. The summed E-state index contributed by atoms with van der Waals surface area (Å²) in [5.41, 5.74) is 9.02. The first-order chi connectivity index (χ1) is 12.6. The smallest absolute Gasteiger partial charge is 0.229 e. The fourth-order valence-corrected chi connectivity index (χ4v) is 2.35. The molecule has 7 nitrogen and oxygen atoms in total. The molecule has 0 saturated heterocycles. The Bertz CT molecular complexity index is 880. The van der Waals surface area contributed by atoms with E-state index in [4.69, 9.17) is 15.2 Å². The van der Waals surface area contributed by atoms with E-state index in [9.17, 15) is 0 Å². The molecular formula is C19H21N5O2. The number of nitrogens with one attached hydrogen (secondary N) is 2. The van der Waals surface area contributed by atoms with E-state index in [2.05, 4.69) is 20.6 Å². The fourth-order valence-electron chi connectivity index (χ4n) is 2.35. The average Bonchev–Trinajstić information content (AvgIpc) is 2.67. The number of hydrogen-bond acceptors (Lipinski definition) is 7. The molecule has 0 aliphatic rings. The Morgan fingerprint density at radius 2 is 1.27 bits per heavy atom. The quantitative estimate of drug-likeness (QED) is 0.620. The van der Waals surface area contributed by atoms with Crippen LogP contribution in [0.25, 0.3) is 0 Å². The maximum Gasteiger partial charge on any atom is 0.229 e. The molecule has 0 saturated carbocycles. The highest BCUT2D eigenvalue weighted by molar-refractivity contribution is 5.72. The number of nitrogens with two attached hydrogens (primary N) is 1. The maximum atomic E-state index is 6.13. The largest absolute Gasteiger partial charge is 0.497 e. The van der Waals surface area contributed by atoms with Crippen molar-refractivity contribution in [2.45, 2.75) is 6.92 Å². The number of nitrogen functional groups attached to an aromatic ring is 1. The summed E-state index contributed by atoms with van der Waals surface area (Å²) in [6.45, 7) is 1.84. The molecule has 0 aliphatic heterocycles. The van der Waals surface area contributed by atoms with Gasteiger partial charge in [-0.2, -0.15) is 4.98 Å². The molecule has 1 aromatic heterocycles. The summed E-state index contributed by atoms with van der Waals surface area (Å²) < 4.78 is 10.3. The highest BCUT2D eigenvalue weighted by atomic mass is 16.5. The second-order valence-electron chi connectivity index (χ2n) is 5.60. The molecule has 0 unspecified atom stereocenters. The Labute approximate surface area is 152 Å². The molecule has 3 rings (SSSR count). The predicted molar refractivity (Wildman–Crippen MR) is 104 cm³/mol. The zero-order valence-electron chi connectivity index (χ0n) is 14.9. The van der Waals surface area contributed by atoms with Crippen LogP contribution in [0.5, 0.6) is 11.5 Å². The van der Waals surface area contributed by atoms with Crippen molar-refractivity contribution in [2.75, 3.05) is 30.6 Å². The van der Waals surface area contributed by atoms with E-state index < -0.39 is 0 Å². The molecule has 7 heteroatoms. The van der Waals surface area contributed by atoms with Gasteiger partial charge in [0.25, 0.3) is 0 Å². The van der Waals surface area contributed by atoms with E-state index in [1.54, 1.807) is 14.2 Å². The third kappa shape index (κ3) is 3.94. The highest BCUT2D eigenvalue weighted by Crippen LogP contribution is 2.27. The van der Waals surface area contributed by atoms with Gasteiger partial charge >= 0.3 is 0 Å². The summed E-state index contributed by atoms with van der Waals surface area (Å²) in [5.74, 6) is 2.56. The van der Waals surface area contributed by atoms with Crippen molar-refractivity contribution in [3.8, 4) is 11.5 Å². The Morgan fingerprint density at radius 1 is 0.769 bits per heavy atom. The number of methoxy groups -OCH3 is 2. The van der Waals surface area contributed by atoms with Crippen molar-refractivity contribution in [2.24, 2.45) is 0 Å². The fraction of sp³-hybridized carbons (Fsp3) is 0.158. The number of rotatable bonds is 6. The van der Waals surface area contributed by atoms with Crippen molar-refractivity contribution >= 4 is 28.8 Å². The molecule has 0 amide bonds. The summed E-state index contributed by atoms with van der Waals surface area (Å²) in [6.07, 6.45) is 0. The lowest BCUT2D eigenvalue weighted by Crippen LogP contribution is -2.07. The predicted octanol–water partition coefficient (Wildman–Crippen LogP) is 3.87. The third-order valence-electron chi connectivity index (χ3n) is 3.84. The molecular weight excluding hydrogens is 330 g/mol. The summed E-state index contributed by atoms with van der Waals surface area (Å²) in [5, 5.41) is 6.39. The summed E-state index contributed by atoms with van der Waals surface area (Å²) in [6, 6.07) is 15.0. The molecule has 0 atom stereocenters. The van der Waals surface area contributed by atoms with Crippen LogP contribution in [-0.4, -0.2) is 24.2 Å². The molecule has 0 spiro atoms. The summed E-state index contributed by atoms with van der Waals surface area (Å²) in [7, 11) is 3.26.